The fourth-order valence-electron chi connectivity index (χ4n) is 11.8. The highest BCUT2D eigenvalue weighted by Crippen LogP contribution is 2.74. The van der Waals surface area contributed by atoms with Gasteiger partial charge in [0.1, 0.15) is 5.78 Å². The second kappa shape index (κ2) is 9.26. The largest absolute Gasteiger partial charge is 0.340 e. The van der Waals surface area contributed by atoms with E-state index in [9.17, 15) is 14.4 Å². The van der Waals surface area contributed by atoms with E-state index in [1.165, 1.54) is 12.0 Å². The second-order valence-corrected chi connectivity index (χ2v) is 17.1. The van der Waals surface area contributed by atoms with Crippen LogP contribution in [0.3, 0.4) is 0 Å². The molecule has 8 atom stereocenters. The van der Waals surface area contributed by atoms with Gasteiger partial charge in [-0.25, -0.2) is 0 Å². The Morgan fingerprint density at radius 3 is 2.20 bits per heavy atom. The highest BCUT2D eigenvalue weighted by Gasteiger charge is 2.70. The monoisotopic (exact) mass is 564 g/mol. The lowest BCUT2D eigenvalue weighted by atomic mass is 9.33. The van der Waals surface area contributed by atoms with E-state index in [-0.39, 0.29) is 50.2 Å². The lowest BCUT2D eigenvalue weighted by Gasteiger charge is -2.70. The van der Waals surface area contributed by atoms with Gasteiger partial charge in [0.15, 0.2) is 5.78 Å². The van der Waals surface area contributed by atoms with E-state index >= 15 is 0 Å². The molecule has 0 aromatic rings. The van der Waals surface area contributed by atoms with Crippen molar-refractivity contribution in [2.24, 2.45) is 50.2 Å². The molecule has 0 spiro atoms. The average molecular weight is 565 g/mol. The van der Waals surface area contributed by atoms with Crippen LogP contribution in [0.4, 0.5) is 0 Å². The minimum atomic E-state index is -0.365. The van der Waals surface area contributed by atoms with Gasteiger partial charge in [-0.15, -0.1) is 0 Å². The number of fused-ring (bicyclic) bond motifs is 7. The molecule has 5 heteroatoms. The van der Waals surface area contributed by atoms with Crippen LogP contribution in [-0.4, -0.2) is 60.0 Å². The molecule has 0 aromatic carbocycles. The number of carbonyl (C=O) groups is 3. The maximum absolute atomic E-state index is 14.5. The summed E-state index contributed by atoms with van der Waals surface area (Å²) in [5.41, 5.74) is 0.474. The Morgan fingerprint density at radius 2 is 1.54 bits per heavy atom. The number of allylic oxidation sites excluding steroid dienone is 2. The molecule has 5 aliphatic carbocycles. The average Bonchev–Trinajstić information content (AvgIpc) is 2.92. The van der Waals surface area contributed by atoms with Crippen LogP contribution in [0.2, 0.25) is 0 Å². The van der Waals surface area contributed by atoms with Crippen LogP contribution >= 0.6 is 0 Å². The molecule has 5 fully saturated rings. The summed E-state index contributed by atoms with van der Waals surface area (Å²) >= 11 is 0. The molecule has 5 nitrogen and oxygen atoms in total. The molecule has 1 aliphatic heterocycles. The second-order valence-electron chi connectivity index (χ2n) is 17.1. The number of hydrogen-bond donors (Lipinski definition) is 0. The quantitative estimate of drug-likeness (QED) is 0.375. The molecule has 1 saturated heterocycles. The van der Waals surface area contributed by atoms with E-state index in [0.29, 0.717) is 23.9 Å². The first-order valence-electron chi connectivity index (χ1n) is 16.9. The van der Waals surface area contributed by atoms with Gasteiger partial charge in [0, 0.05) is 49.3 Å². The molecule has 6 rings (SSSR count). The molecule has 0 N–H and O–H groups in total. The SMILES string of the molecule is CCN1CCN(C(=O)[C@]2(C)CC[C@]3(C)CC[C@]4(C)C(=CC(=O)[C@@H]5[C@@]6(C)CCC(=O)C(C)(C)[C@@H]6CC[C@]54C)[C@@H]3C2)CC1. The zero-order chi connectivity index (χ0) is 29.8. The summed E-state index contributed by atoms with van der Waals surface area (Å²) in [6.07, 6.45) is 10.8. The van der Waals surface area contributed by atoms with Crippen LogP contribution < -0.4 is 0 Å². The molecular weight excluding hydrogens is 508 g/mol. The fraction of sp³-hybridized carbons (Fsp3) is 0.861. The van der Waals surface area contributed by atoms with Gasteiger partial charge in [-0.3, -0.25) is 14.4 Å². The highest BCUT2D eigenvalue weighted by atomic mass is 16.2. The summed E-state index contributed by atoms with van der Waals surface area (Å²) in [5.74, 6) is 1.54. The van der Waals surface area contributed by atoms with E-state index in [1.807, 2.05) is 0 Å². The minimum absolute atomic E-state index is 0.0364. The smallest absolute Gasteiger partial charge is 0.228 e. The topological polar surface area (TPSA) is 57.7 Å². The molecule has 1 amide bonds. The number of Topliss-reactive ketones (excluding diaryl/α,β-unsaturated/α-hetero) is 1. The van der Waals surface area contributed by atoms with E-state index < -0.39 is 0 Å². The summed E-state index contributed by atoms with van der Waals surface area (Å²) in [5, 5.41) is 0. The van der Waals surface area contributed by atoms with Gasteiger partial charge >= 0.3 is 0 Å². The van der Waals surface area contributed by atoms with Gasteiger partial charge < -0.3 is 9.80 Å². The first-order chi connectivity index (χ1) is 19.1. The molecule has 1 heterocycles. The predicted molar refractivity (Wildman–Crippen MR) is 163 cm³/mol. The molecule has 0 bridgehead atoms. The number of carbonyl (C=O) groups excluding carboxylic acids is 3. The zero-order valence-electron chi connectivity index (χ0n) is 27.3. The minimum Gasteiger partial charge on any atom is -0.340 e. The summed E-state index contributed by atoms with van der Waals surface area (Å²) in [6.45, 7) is 23.1. The van der Waals surface area contributed by atoms with Crippen molar-refractivity contribution in [3.63, 3.8) is 0 Å². The molecule has 41 heavy (non-hydrogen) atoms. The maximum atomic E-state index is 14.5. The Balaban J connectivity index is 1.35. The van der Waals surface area contributed by atoms with Crippen molar-refractivity contribution in [3.05, 3.63) is 11.6 Å². The number of rotatable bonds is 2. The standard InChI is InChI=1S/C36H56N2O3/c1-9-37-18-20-38(21-19-37)30(41)33(5)15-14-32(4)16-17-35(7)24(25(32)23-33)22-26(39)29-34(6)12-11-28(40)31(2,3)27(34)10-13-36(29,35)8/h22,25,27,29H,9-21,23H2,1-8H3/t25-,27-,29+,32+,33+,34-,35+,36+/m0/s1. The number of piperazine rings is 1. The van der Waals surface area contributed by atoms with Crippen LogP contribution in [0.15, 0.2) is 11.6 Å². The third-order valence-electron chi connectivity index (χ3n) is 14.9. The molecule has 0 radical (unpaired) electrons. The van der Waals surface area contributed by atoms with Gasteiger partial charge in [0.2, 0.25) is 5.91 Å². The van der Waals surface area contributed by atoms with Crippen LogP contribution in [0, 0.1) is 50.2 Å². The van der Waals surface area contributed by atoms with Crippen molar-refractivity contribution in [2.75, 3.05) is 32.7 Å². The van der Waals surface area contributed by atoms with E-state index in [1.54, 1.807) is 0 Å². The van der Waals surface area contributed by atoms with Crippen LogP contribution in [0.25, 0.3) is 0 Å². The normalized spacial score (nSPS) is 48.0. The molecule has 0 aromatic heterocycles. The van der Waals surface area contributed by atoms with Crippen LogP contribution in [-0.2, 0) is 14.4 Å². The van der Waals surface area contributed by atoms with Crippen LogP contribution in [0.5, 0.6) is 0 Å². The zero-order valence-corrected chi connectivity index (χ0v) is 27.3. The first kappa shape index (κ1) is 29.6. The lowest BCUT2D eigenvalue weighted by molar-refractivity contribution is -0.188. The molecule has 228 valence electrons. The molecule has 4 saturated carbocycles. The van der Waals surface area contributed by atoms with Gasteiger partial charge in [-0.2, -0.15) is 0 Å². The molecular formula is C36H56N2O3. The fourth-order valence-corrected chi connectivity index (χ4v) is 11.8. The van der Waals surface area contributed by atoms with Gasteiger partial charge in [0.25, 0.3) is 0 Å². The lowest BCUT2D eigenvalue weighted by Crippen LogP contribution is -2.66. The van der Waals surface area contributed by atoms with Crippen molar-refractivity contribution in [3.8, 4) is 0 Å². The van der Waals surface area contributed by atoms with Gasteiger partial charge in [-0.05, 0) is 97.5 Å². The molecule has 0 unspecified atom stereocenters. The Hall–Kier alpha value is -1.49. The summed E-state index contributed by atoms with van der Waals surface area (Å²) < 4.78 is 0. The Labute approximate surface area is 249 Å². The van der Waals surface area contributed by atoms with Crippen molar-refractivity contribution in [2.45, 2.75) is 113 Å². The highest BCUT2D eigenvalue weighted by molar-refractivity contribution is 5.96. The number of ketones is 2. The number of nitrogens with zero attached hydrogens (tertiary/aromatic N) is 2. The Morgan fingerprint density at radius 1 is 0.878 bits per heavy atom. The van der Waals surface area contributed by atoms with E-state index in [2.05, 4.69) is 71.3 Å². The van der Waals surface area contributed by atoms with Gasteiger partial charge in [0.05, 0.1) is 0 Å². The van der Waals surface area contributed by atoms with Gasteiger partial charge in [-0.1, -0.05) is 61.0 Å². The Bertz CT molecular complexity index is 1180. The summed E-state index contributed by atoms with van der Waals surface area (Å²) in [7, 11) is 0. The van der Waals surface area contributed by atoms with Crippen LogP contribution in [0.1, 0.15) is 113 Å². The Kier molecular flexibility index (Phi) is 6.68. The van der Waals surface area contributed by atoms with Crippen molar-refractivity contribution < 1.29 is 14.4 Å². The van der Waals surface area contributed by atoms with Crippen molar-refractivity contribution in [1.29, 1.82) is 0 Å². The predicted octanol–water partition coefficient (Wildman–Crippen LogP) is 6.70. The summed E-state index contributed by atoms with van der Waals surface area (Å²) in [6, 6.07) is 0. The summed E-state index contributed by atoms with van der Waals surface area (Å²) in [4.78, 5) is 46.3. The first-order valence-corrected chi connectivity index (χ1v) is 16.9. The van der Waals surface area contributed by atoms with E-state index in [0.717, 1.165) is 77.7 Å². The molecule has 6 aliphatic rings. The third-order valence-corrected chi connectivity index (χ3v) is 14.9. The third kappa shape index (κ3) is 3.91. The van der Waals surface area contributed by atoms with E-state index in [4.69, 9.17) is 0 Å². The number of amides is 1. The van der Waals surface area contributed by atoms with Crippen molar-refractivity contribution >= 4 is 17.5 Å². The number of likely N-dealkylation sites (N-methyl/N-ethyl adjacent to an activating group) is 1. The maximum Gasteiger partial charge on any atom is 0.228 e. The number of hydrogen-bond acceptors (Lipinski definition) is 4. The van der Waals surface area contributed by atoms with Crippen molar-refractivity contribution in [1.82, 2.24) is 9.80 Å².